The van der Waals surface area contributed by atoms with Gasteiger partial charge in [-0.15, -0.1) is 0 Å². The molecule has 0 aliphatic rings. The lowest BCUT2D eigenvalue weighted by atomic mass is 10.4. The molecule has 58 valence electrons. The third-order valence-corrected chi connectivity index (χ3v) is 0.825. The standard InChI is InChI=1S/C7H12O3/c1-2-3-4-7(9)10-6-5-8/h3-4,8H,2,5-6H2,1H3. The Kier molecular flexibility index (Phi) is 5.77. The van der Waals surface area contributed by atoms with Gasteiger partial charge in [0.25, 0.3) is 0 Å². The van der Waals surface area contributed by atoms with E-state index in [0.717, 1.165) is 6.42 Å². The zero-order valence-electron chi connectivity index (χ0n) is 6.04. The fraction of sp³-hybridized carbons (Fsp3) is 0.571. The summed E-state index contributed by atoms with van der Waals surface area (Å²) in [4.78, 5) is 10.5. The highest BCUT2D eigenvalue weighted by Crippen LogP contribution is 1.83. The highest BCUT2D eigenvalue weighted by molar-refractivity contribution is 5.81. The molecule has 0 amide bonds. The van der Waals surface area contributed by atoms with Crippen LogP contribution in [-0.2, 0) is 9.53 Å². The van der Waals surface area contributed by atoms with Crippen LogP contribution in [0.5, 0.6) is 0 Å². The number of aliphatic hydroxyl groups is 1. The first-order valence-electron chi connectivity index (χ1n) is 3.25. The maximum atomic E-state index is 10.5. The Hall–Kier alpha value is -0.830. The molecule has 0 rings (SSSR count). The van der Waals surface area contributed by atoms with Crippen molar-refractivity contribution >= 4 is 5.97 Å². The molecular weight excluding hydrogens is 132 g/mol. The van der Waals surface area contributed by atoms with Crippen molar-refractivity contribution in [1.82, 2.24) is 0 Å². The highest BCUT2D eigenvalue weighted by Gasteiger charge is 1.92. The van der Waals surface area contributed by atoms with Gasteiger partial charge in [0, 0.05) is 6.08 Å². The molecule has 0 fully saturated rings. The van der Waals surface area contributed by atoms with Gasteiger partial charge in [0.2, 0.25) is 0 Å². The first-order chi connectivity index (χ1) is 4.81. The minimum absolute atomic E-state index is 0.0763. The molecule has 0 aromatic heterocycles. The van der Waals surface area contributed by atoms with E-state index >= 15 is 0 Å². The monoisotopic (exact) mass is 144 g/mol. The van der Waals surface area contributed by atoms with Crippen LogP contribution in [0.1, 0.15) is 13.3 Å². The third kappa shape index (κ3) is 5.31. The van der Waals surface area contributed by atoms with Gasteiger partial charge < -0.3 is 9.84 Å². The van der Waals surface area contributed by atoms with Crippen molar-refractivity contribution in [2.24, 2.45) is 0 Å². The number of ether oxygens (including phenoxy) is 1. The van der Waals surface area contributed by atoms with Gasteiger partial charge in [-0.2, -0.15) is 0 Å². The molecule has 0 aliphatic carbocycles. The van der Waals surface area contributed by atoms with E-state index in [1.165, 1.54) is 6.08 Å². The number of esters is 1. The van der Waals surface area contributed by atoms with Crippen molar-refractivity contribution in [3.63, 3.8) is 0 Å². The molecule has 0 spiro atoms. The van der Waals surface area contributed by atoms with E-state index in [4.69, 9.17) is 5.11 Å². The number of carbonyl (C=O) groups is 1. The van der Waals surface area contributed by atoms with Crippen molar-refractivity contribution < 1.29 is 14.6 Å². The molecule has 0 aromatic carbocycles. The summed E-state index contributed by atoms with van der Waals surface area (Å²) < 4.78 is 4.52. The second-order valence-corrected chi connectivity index (χ2v) is 1.70. The Labute approximate surface area is 60.3 Å². The second kappa shape index (κ2) is 6.29. The van der Waals surface area contributed by atoms with Gasteiger partial charge in [-0.05, 0) is 6.42 Å². The molecule has 0 saturated heterocycles. The minimum Gasteiger partial charge on any atom is -0.460 e. The Morgan fingerprint density at radius 3 is 2.90 bits per heavy atom. The van der Waals surface area contributed by atoms with Gasteiger partial charge in [0.1, 0.15) is 6.61 Å². The van der Waals surface area contributed by atoms with Crippen LogP contribution in [0.25, 0.3) is 0 Å². The Balaban J connectivity index is 3.34. The number of aliphatic hydroxyl groups excluding tert-OH is 1. The average Bonchev–Trinajstić information content (AvgIpc) is 1.97. The van der Waals surface area contributed by atoms with E-state index in [-0.39, 0.29) is 13.2 Å². The van der Waals surface area contributed by atoms with Crippen LogP contribution in [0, 0.1) is 0 Å². The number of rotatable bonds is 4. The van der Waals surface area contributed by atoms with Crippen molar-refractivity contribution in [2.75, 3.05) is 13.2 Å². The van der Waals surface area contributed by atoms with Crippen molar-refractivity contribution in [3.8, 4) is 0 Å². The number of allylic oxidation sites excluding steroid dienone is 1. The molecule has 0 saturated carbocycles. The summed E-state index contributed by atoms with van der Waals surface area (Å²) >= 11 is 0. The predicted molar refractivity (Wildman–Crippen MR) is 37.5 cm³/mol. The summed E-state index contributed by atoms with van der Waals surface area (Å²) in [5.41, 5.74) is 0. The molecule has 3 heteroatoms. The SMILES string of the molecule is CCC=CC(=O)OCCO. The molecule has 10 heavy (non-hydrogen) atoms. The van der Waals surface area contributed by atoms with E-state index < -0.39 is 5.97 Å². The molecule has 0 unspecified atom stereocenters. The maximum absolute atomic E-state index is 10.5. The Morgan fingerprint density at radius 1 is 1.70 bits per heavy atom. The minimum atomic E-state index is -0.393. The van der Waals surface area contributed by atoms with Crippen LogP contribution in [0.2, 0.25) is 0 Å². The second-order valence-electron chi connectivity index (χ2n) is 1.70. The van der Waals surface area contributed by atoms with Crippen molar-refractivity contribution in [1.29, 1.82) is 0 Å². The maximum Gasteiger partial charge on any atom is 0.330 e. The normalized spacial score (nSPS) is 10.2. The summed E-state index contributed by atoms with van der Waals surface area (Å²) in [6, 6.07) is 0. The van der Waals surface area contributed by atoms with E-state index in [1.54, 1.807) is 6.08 Å². The molecule has 0 atom stereocenters. The Bertz CT molecular complexity index is 118. The fourth-order valence-corrected chi connectivity index (χ4v) is 0.408. The van der Waals surface area contributed by atoms with Gasteiger partial charge in [-0.3, -0.25) is 0 Å². The predicted octanol–water partition coefficient (Wildman–Crippen LogP) is 0.488. The topological polar surface area (TPSA) is 46.5 Å². The molecule has 0 radical (unpaired) electrons. The van der Waals surface area contributed by atoms with E-state index in [1.807, 2.05) is 6.92 Å². The molecule has 1 N–H and O–H groups in total. The smallest absolute Gasteiger partial charge is 0.330 e. The number of hydrogen-bond acceptors (Lipinski definition) is 3. The van der Waals surface area contributed by atoms with Gasteiger partial charge in [-0.1, -0.05) is 13.0 Å². The molecule has 0 aromatic rings. The van der Waals surface area contributed by atoms with Gasteiger partial charge >= 0.3 is 5.97 Å². The van der Waals surface area contributed by atoms with E-state index in [2.05, 4.69) is 4.74 Å². The van der Waals surface area contributed by atoms with Crippen molar-refractivity contribution in [2.45, 2.75) is 13.3 Å². The van der Waals surface area contributed by atoms with Crippen LogP contribution < -0.4 is 0 Å². The van der Waals surface area contributed by atoms with Gasteiger partial charge in [0.05, 0.1) is 6.61 Å². The van der Waals surface area contributed by atoms with Crippen LogP contribution in [0.3, 0.4) is 0 Å². The molecular formula is C7H12O3. The van der Waals surface area contributed by atoms with Crippen LogP contribution in [0.15, 0.2) is 12.2 Å². The zero-order chi connectivity index (χ0) is 7.82. The van der Waals surface area contributed by atoms with Gasteiger partial charge in [-0.25, -0.2) is 4.79 Å². The molecule has 0 bridgehead atoms. The lowest BCUT2D eigenvalue weighted by molar-refractivity contribution is -0.138. The average molecular weight is 144 g/mol. The summed E-state index contributed by atoms with van der Waals surface area (Å²) in [5.74, 6) is -0.393. The van der Waals surface area contributed by atoms with Crippen LogP contribution >= 0.6 is 0 Å². The van der Waals surface area contributed by atoms with Crippen molar-refractivity contribution in [3.05, 3.63) is 12.2 Å². The number of carbonyl (C=O) groups excluding carboxylic acids is 1. The fourth-order valence-electron chi connectivity index (χ4n) is 0.408. The summed E-state index contributed by atoms with van der Waals surface area (Å²) in [5, 5.41) is 8.24. The first kappa shape index (κ1) is 9.17. The summed E-state index contributed by atoms with van der Waals surface area (Å²) in [7, 11) is 0. The lowest BCUT2D eigenvalue weighted by Gasteiger charge is -1.95. The summed E-state index contributed by atoms with van der Waals surface area (Å²) in [6.45, 7) is 1.88. The lowest BCUT2D eigenvalue weighted by Crippen LogP contribution is -2.04. The van der Waals surface area contributed by atoms with Crippen LogP contribution in [-0.4, -0.2) is 24.3 Å². The van der Waals surface area contributed by atoms with Crippen LogP contribution in [0.4, 0.5) is 0 Å². The quantitative estimate of drug-likeness (QED) is 0.461. The molecule has 3 nitrogen and oxygen atoms in total. The highest BCUT2D eigenvalue weighted by atomic mass is 16.5. The van der Waals surface area contributed by atoms with Gasteiger partial charge in [0.15, 0.2) is 0 Å². The van der Waals surface area contributed by atoms with E-state index in [9.17, 15) is 4.79 Å². The summed E-state index contributed by atoms with van der Waals surface area (Å²) in [6.07, 6.45) is 3.88. The van der Waals surface area contributed by atoms with E-state index in [0.29, 0.717) is 0 Å². The largest absolute Gasteiger partial charge is 0.460 e. The first-order valence-corrected chi connectivity index (χ1v) is 3.25. The molecule has 0 heterocycles. The Morgan fingerprint density at radius 2 is 2.40 bits per heavy atom. The number of hydrogen-bond donors (Lipinski definition) is 1. The molecule has 0 aliphatic heterocycles. The zero-order valence-corrected chi connectivity index (χ0v) is 6.04. The third-order valence-electron chi connectivity index (χ3n) is 0.825.